The molecule has 0 aliphatic heterocycles. The van der Waals surface area contributed by atoms with E-state index < -0.39 is 5.76 Å². The zero-order chi connectivity index (χ0) is 18.6. The van der Waals surface area contributed by atoms with Gasteiger partial charge in [0.1, 0.15) is 0 Å². The lowest BCUT2D eigenvalue weighted by atomic mass is 10.1. The molecule has 4 rings (SSSR count). The Bertz CT molecular complexity index is 1130. The summed E-state index contributed by atoms with van der Waals surface area (Å²) in [5.74, 6) is -0.664. The average Bonchev–Trinajstić information content (AvgIpc) is 3.02. The Labute approximate surface area is 155 Å². The van der Waals surface area contributed by atoms with E-state index in [1.165, 1.54) is 4.57 Å². The maximum atomic E-state index is 12.5. The molecule has 0 radical (unpaired) electrons. The van der Waals surface area contributed by atoms with Crippen molar-refractivity contribution >= 4 is 17.0 Å². The minimum atomic E-state index is -0.443. The maximum absolute atomic E-state index is 12.5. The van der Waals surface area contributed by atoms with Crippen molar-refractivity contribution in [1.82, 2.24) is 14.9 Å². The van der Waals surface area contributed by atoms with Gasteiger partial charge in [-0.3, -0.25) is 14.3 Å². The highest BCUT2D eigenvalue weighted by molar-refractivity contribution is 5.97. The summed E-state index contributed by atoms with van der Waals surface area (Å²) in [6, 6.07) is 18.3. The van der Waals surface area contributed by atoms with E-state index in [4.69, 9.17) is 4.42 Å². The summed E-state index contributed by atoms with van der Waals surface area (Å²) >= 11 is 0. The summed E-state index contributed by atoms with van der Waals surface area (Å²) in [4.78, 5) is 28.7. The highest BCUT2D eigenvalue weighted by atomic mass is 16.4. The van der Waals surface area contributed by atoms with Crippen LogP contribution < -0.4 is 11.1 Å². The monoisotopic (exact) mass is 359 g/mol. The first kappa shape index (κ1) is 16.8. The molecule has 0 atom stereocenters. The van der Waals surface area contributed by atoms with Gasteiger partial charge in [-0.05, 0) is 35.4 Å². The number of benzene rings is 2. The van der Waals surface area contributed by atoms with Crippen LogP contribution in [0, 0.1) is 0 Å². The van der Waals surface area contributed by atoms with Gasteiger partial charge in [-0.2, -0.15) is 0 Å². The van der Waals surface area contributed by atoms with Gasteiger partial charge in [0.05, 0.1) is 12.1 Å². The fourth-order valence-corrected chi connectivity index (χ4v) is 2.91. The molecule has 0 bridgehead atoms. The number of aromatic nitrogens is 2. The van der Waals surface area contributed by atoms with Crippen LogP contribution in [0.2, 0.25) is 0 Å². The van der Waals surface area contributed by atoms with E-state index >= 15 is 0 Å². The fourth-order valence-electron chi connectivity index (χ4n) is 2.91. The summed E-state index contributed by atoms with van der Waals surface area (Å²) in [5, 5.41) is 2.86. The zero-order valence-corrected chi connectivity index (χ0v) is 14.5. The quantitative estimate of drug-likeness (QED) is 0.594. The lowest BCUT2D eigenvalue weighted by molar-refractivity contribution is 0.0951. The first-order valence-electron chi connectivity index (χ1n) is 8.55. The Hall–Kier alpha value is -3.67. The van der Waals surface area contributed by atoms with Gasteiger partial charge < -0.3 is 9.73 Å². The van der Waals surface area contributed by atoms with Crippen molar-refractivity contribution in [3.63, 3.8) is 0 Å². The first-order chi connectivity index (χ1) is 13.2. The molecule has 0 saturated carbocycles. The molecule has 2 aromatic carbocycles. The Morgan fingerprint density at radius 1 is 1.04 bits per heavy atom. The van der Waals surface area contributed by atoms with Crippen LogP contribution in [0.4, 0.5) is 0 Å². The smallest absolute Gasteiger partial charge is 0.408 e. The highest BCUT2D eigenvalue weighted by Crippen LogP contribution is 2.17. The number of oxazole rings is 1. The zero-order valence-electron chi connectivity index (χ0n) is 14.5. The second kappa shape index (κ2) is 7.29. The Morgan fingerprint density at radius 2 is 1.85 bits per heavy atom. The van der Waals surface area contributed by atoms with Crippen molar-refractivity contribution in [2.75, 3.05) is 0 Å². The molecular formula is C21H17N3O3. The van der Waals surface area contributed by atoms with Crippen molar-refractivity contribution in [3.05, 3.63) is 100 Å². The number of hydrogen-bond acceptors (Lipinski definition) is 4. The average molecular weight is 359 g/mol. The number of carbonyl (C=O) groups is 1. The van der Waals surface area contributed by atoms with E-state index in [1.54, 1.807) is 30.6 Å². The molecule has 0 fully saturated rings. The third-order valence-electron chi connectivity index (χ3n) is 4.29. The molecular weight excluding hydrogens is 342 g/mol. The Kier molecular flexibility index (Phi) is 4.53. The van der Waals surface area contributed by atoms with E-state index in [1.807, 2.05) is 42.5 Å². The van der Waals surface area contributed by atoms with Crippen LogP contribution >= 0.6 is 0 Å². The molecule has 1 amide bonds. The van der Waals surface area contributed by atoms with Crippen molar-refractivity contribution in [1.29, 1.82) is 0 Å². The topological polar surface area (TPSA) is 77.1 Å². The normalized spacial score (nSPS) is 10.8. The van der Waals surface area contributed by atoms with Crippen LogP contribution in [0.15, 0.2) is 82.3 Å². The molecule has 4 aromatic rings. The molecule has 0 spiro atoms. The minimum absolute atomic E-state index is 0.222. The van der Waals surface area contributed by atoms with Crippen LogP contribution in [0.1, 0.15) is 21.5 Å². The number of carbonyl (C=O) groups excluding carboxylic acids is 1. The lowest BCUT2D eigenvalue weighted by Crippen LogP contribution is -2.23. The van der Waals surface area contributed by atoms with Gasteiger partial charge in [0.25, 0.3) is 5.91 Å². The summed E-state index contributed by atoms with van der Waals surface area (Å²) in [5.41, 5.74) is 3.41. The van der Waals surface area contributed by atoms with Gasteiger partial charge in [0.15, 0.2) is 5.58 Å². The molecule has 27 heavy (non-hydrogen) atoms. The third-order valence-corrected chi connectivity index (χ3v) is 4.29. The Morgan fingerprint density at radius 3 is 2.63 bits per heavy atom. The van der Waals surface area contributed by atoms with Crippen molar-refractivity contribution in [3.8, 4) is 0 Å². The molecule has 2 aromatic heterocycles. The summed E-state index contributed by atoms with van der Waals surface area (Å²) < 4.78 is 6.83. The summed E-state index contributed by atoms with van der Waals surface area (Å²) in [7, 11) is 0. The number of nitrogens with zero attached hydrogens (tertiary/aromatic N) is 2. The SMILES string of the molecule is O=C(NCc1cccnc1)c1ccc2oc(=O)n(Cc3ccccc3)c2c1. The molecule has 6 heteroatoms. The van der Waals surface area contributed by atoms with E-state index in [-0.39, 0.29) is 5.91 Å². The number of nitrogens with one attached hydrogen (secondary N) is 1. The fraction of sp³-hybridized carbons (Fsp3) is 0.0952. The number of hydrogen-bond donors (Lipinski definition) is 1. The lowest BCUT2D eigenvalue weighted by Gasteiger charge is -2.06. The minimum Gasteiger partial charge on any atom is -0.408 e. The third kappa shape index (κ3) is 3.64. The largest absolute Gasteiger partial charge is 0.420 e. The molecule has 0 unspecified atom stereocenters. The number of fused-ring (bicyclic) bond motifs is 1. The maximum Gasteiger partial charge on any atom is 0.420 e. The van der Waals surface area contributed by atoms with Gasteiger partial charge in [-0.1, -0.05) is 36.4 Å². The second-order valence-corrected chi connectivity index (χ2v) is 6.17. The van der Waals surface area contributed by atoms with Crippen molar-refractivity contribution < 1.29 is 9.21 Å². The van der Waals surface area contributed by atoms with E-state index in [0.29, 0.717) is 29.8 Å². The first-order valence-corrected chi connectivity index (χ1v) is 8.55. The molecule has 0 saturated heterocycles. The standard InChI is InChI=1S/C21H17N3O3/c25-20(23-13-16-7-4-10-22-12-16)17-8-9-19-18(11-17)24(21(26)27-19)14-15-5-2-1-3-6-15/h1-12H,13-14H2,(H,23,25). The van der Waals surface area contributed by atoms with Crippen LogP contribution in [-0.2, 0) is 13.1 Å². The number of amides is 1. The van der Waals surface area contributed by atoms with Gasteiger partial charge in [0, 0.05) is 24.5 Å². The molecule has 6 nitrogen and oxygen atoms in total. The summed E-state index contributed by atoms with van der Waals surface area (Å²) in [6.45, 7) is 0.764. The number of rotatable bonds is 5. The predicted molar refractivity (Wildman–Crippen MR) is 101 cm³/mol. The van der Waals surface area contributed by atoms with Crippen LogP contribution in [0.25, 0.3) is 11.1 Å². The van der Waals surface area contributed by atoms with Crippen LogP contribution in [-0.4, -0.2) is 15.5 Å². The molecule has 0 aliphatic rings. The van der Waals surface area contributed by atoms with Crippen molar-refractivity contribution in [2.45, 2.75) is 13.1 Å². The van der Waals surface area contributed by atoms with Gasteiger partial charge in [0.2, 0.25) is 0 Å². The van der Waals surface area contributed by atoms with E-state index in [0.717, 1.165) is 11.1 Å². The van der Waals surface area contributed by atoms with Gasteiger partial charge in [-0.15, -0.1) is 0 Å². The molecule has 2 heterocycles. The van der Waals surface area contributed by atoms with Crippen LogP contribution in [0.3, 0.4) is 0 Å². The number of pyridine rings is 1. The van der Waals surface area contributed by atoms with Gasteiger partial charge in [-0.25, -0.2) is 4.79 Å². The Balaban J connectivity index is 1.60. The van der Waals surface area contributed by atoms with E-state index in [2.05, 4.69) is 10.3 Å². The molecule has 0 aliphatic carbocycles. The van der Waals surface area contributed by atoms with Gasteiger partial charge >= 0.3 is 5.76 Å². The summed E-state index contributed by atoms with van der Waals surface area (Å²) in [6.07, 6.45) is 3.39. The second-order valence-electron chi connectivity index (χ2n) is 6.17. The van der Waals surface area contributed by atoms with Crippen LogP contribution in [0.5, 0.6) is 0 Å². The molecule has 1 N–H and O–H groups in total. The van der Waals surface area contributed by atoms with Crippen molar-refractivity contribution in [2.24, 2.45) is 0 Å². The molecule has 134 valence electrons. The highest BCUT2D eigenvalue weighted by Gasteiger charge is 2.13. The van der Waals surface area contributed by atoms with E-state index in [9.17, 15) is 9.59 Å². The predicted octanol–water partition coefficient (Wildman–Crippen LogP) is 2.97.